The highest BCUT2D eigenvalue weighted by molar-refractivity contribution is 5.92. The molecule has 17 nitrogen and oxygen atoms in total. The van der Waals surface area contributed by atoms with Gasteiger partial charge >= 0.3 is 0 Å². The highest BCUT2D eigenvalue weighted by atomic mass is 16.3. The fourth-order valence-corrected chi connectivity index (χ4v) is 6.45. The minimum absolute atomic E-state index is 0.203. The van der Waals surface area contributed by atoms with Gasteiger partial charge < -0.3 is 63.4 Å². The minimum Gasteiger partial charge on any atom is -0.504 e. The molecule has 344 valence electrons. The van der Waals surface area contributed by atoms with Gasteiger partial charge in [0.2, 0.25) is 11.8 Å². The summed E-state index contributed by atoms with van der Waals surface area (Å²) in [6.45, 7) is 22.0. The summed E-state index contributed by atoms with van der Waals surface area (Å²) in [7, 11) is 0. The Labute approximate surface area is 364 Å². The number of hydrogen-bond acceptors (Lipinski definition) is 15. The number of hydrogen-bond donors (Lipinski definition) is 11. The highest BCUT2D eigenvalue weighted by Crippen LogP contribution is 2.26. The van der Waals surface area contributed by atoms with Gasteiger partial charge in [0.05, 0.1) is 0 Å². The predicted molar refractivity (Wildman–Crippen MR) is 247 cm³/mol. The third-order valence-corrected chi connectivity index (χ3v) is 9.92. The monoisotopic (exact) mass is 856 g/mol. The predicted octanol–water partition coefficient (Wildman–Crippen LogP) is 0.182. The van der Waals surface area contributed by atoms with Crippen LogP contribution in [0.25, 0.3) is 12.2 Å². The summed E-state index contributed by atoms with van der Waals surface area (Å²) >= 11 is 0. The molecular formula is C44H77N11O6. The van der Waals surface area contributed by atoms with Gasteiger partial charge in [-0.15, -0.1) is 0 Å². The van der Waals surface area contributed by atoms with Crippen LogP contribution in [0.5, 0.6) is 23.0 Å². The molecule has 2 aromatic rings. The number of rotatable bonds is 36. The second-order valence-corrected chi connectivity index (χ2v) is 14.9. The van der Waals surface area contributed by atoms with Crippen molar-refractivity contribution in [3.63, 3.8) is 0 Å². The van der Waals surface area contributed by atoms with Gasteiger partial charge in [-0.1, -0.05) is 26.0 Å². The fourth-order valence-electron chi connectivity index (χ4n) is 6.45. The smallest absolute Gasteiger partial charge is 0.244 e. The van der Waals surface area contributed by atoms with Crippen molar-refractivity contribution in [2.45, 2.75) is 26.7 Å². The lowest BCUT2D eigenvalue weighted by Crippen LogP contribution is -2.46. The molecule has 0 aliphatic rings. The molecule has 0 bridgehead atoms. The zero-order valence-corrected chi connectivity index (χ0v) is 36.8. The molecule has 0 fully saturated rings. The zero-order valence-electron chi connectivity index (χ0n) is 36.8. The van der Waals surface area contributed by atoms with E-state index >= 15 is 0 Å². The number of phenolic OH excluding ortho intramolecular Hbond substituents is 4. The number of phenols is 4. The number of amides is 2. The Morgan fingerprint density at radius 3 is 1.31 bits per heavy atom. The van der Waals surface area contributed by atoms with E-state index < -0.39 is 0 Å². The third kappa shape index (κ3) is 25.3. The van der Waals surface area contributed by atoms with Gasteiger partial charge in [-0.3, -0.25) is 24.3 Å². The van der Waals surface area contributed by atoms with Crippen LogP contribution in [0.15, 0.2) is 48.6 Å². The normalized spacial score (nSPS) is 11.9. The average Bonchev–Trinajstić information content (AvgIpc) is 3.24. The number of nitrogens with two attached hydrogens (primary N) is 2. The van der Waals surface area contributed by atoms with Crippen molar-refractivity contribution >= 4 is 24.0 Å². The van der Waals surface area contributed by atoms with E-state index in [4.69, 9.17) is 11.5 Å². The summed E-state index contributed by atoms with van der Waals surface area (Å²) in [5, 5.41) is 54.8. The molecular weight excluding hydrogens is 779 g/mol. The van der Waals surface area contributed by atoms with E-state index in [0.717, 1.165) is 124 Å². The molecule has 0 saturated heterocycles. The highest BCUT2D eigenvalue weighted by Gasteiger charge is 2.13. The van der Waals surface area contributed by atoms with Gasteiger partial charge in [0.1, 0.15) is 0 Å². The maximum atomic E-state index is 12.4. The van der Waals surface area contributed by atoms with Crippen LogP contribution in [0, 0.1) is 0 Å². The lowest BCUT2D eigenvalue weighted by Gasteiger charge is -2.30. The second-order valence-electron chi connectivity index (χ2n) is 14.9. The molecule has 0 aromatic heterocycles. The first-order valence-electron chi connectivity index (χ1n) is 22.0. The van der Waals surface area contributed by atoms with Crippen LogP contribution in [-0.4, -0.2) is 196 Å². The zero-order chi connectivity index (χ0) is 44.5. The van der Waals surface area contributed by atoms with Crippen molar-refractivity contribution in [2.24, 2.45) is 11.5 Å². The molecule has 2 amide bonds. The maximum absolute atomic E-state index is 12.4. The van der Waals surface area contributed by atoms with Gasteiger partial charge in [0.25, 0.3) is 0 Å². The summed E-state index contributed by atoms with van der Waals surface area (Å²) in [5.41, 5.74) is 13.0. The van der Waals surface area contributed by atoms with Crippen LogP contribution in [0.4, 0.5) is 0 Å². The summed E-state index contributed by atoms with van der Waals surface area (Å²) in [4.78, 5) is 34.4. The molecule has 0 saturated carbocycles. The van der Waals surface area contributed by atoms with Gasteiger partial charge in [-0.25, -0.2) is 0 Å². The van der Waals surface area contributed by atoms with Crippen LogP contribution in [0.1, 0.15) is 37.8 Å². The molecule has 61 heavy (non-hydrogen) atoms. The number of aromatic hydroxyl groups is 4. The van der Waals surface area contributed by atoms with Crippen molar-refractivity contribution < 1.29 is 30.0 Å². The van der Waals surface area contributed by atoms with Crippen molar-refractivity contribution in [3.8, 4) is 23.0 Å². The molecule has 0 spiro atoms. The second kappa shape index (κ2) is 33.3. The number of benzene rings is 2. The Balaban J connectivity index is 1.88. The molecule has 0 radical (unpaired) electrons. The topological polar surface area (TPSA) is 240 Å². The summed E-state index contributed by atoms with van der Waals surface area (Å²) in [6, 6.07) is 8.80. The largest absolute Gasteiger partial charge is 0.504 e. The first kappa shape index (κ1) is 52.8. The summed E-state index contributed by atoms with van der Waals surface area (Å²) < 4.78 is 0. The summed E-state index contributed by atoms with van der Waals surface area (Å²) in [5.74, 6) is -1.34. The van der Waals surface area contributed by atoms with Crippen molar-refractivity contribution in [1.82, 2.24) is 46.2 Å². The molecule has 0 aliphatic heterocycles. The number of nitrogens with one attached hydrogen (secondary N) is 5. The van der Waals surface area contributed by atoms with E-state index in [1.54, 1.807) is 24.3 Å². The molecule has 0 aliphatic carbocycles. The average molecular weight is 856 g/mol. The first-order valence-corrected chi connectivity index (χ1v) is 22.0. The van der Waals surface area contributed by atoms with Crippen LogP contribution in [-0.2, 0) is 9.59 Å². The quantitative estimate of drug-likeness (QED) is 0.0249. The third-order valence-electron chi connectivity index (χ3n) is 9.92. The van der Waals surface area contributed by atoms with Gasteiger partial charge in [-0.05, 0) is 73.5 Å². The molecule has 0 atom stereocenters. The van der Waals surface area contributed by atoms with E-state index in [0.29, 0.717) is 43.9 Å². The van der Waals surface area contributed by atoms with E-state index in [1.165, 1.54) is 36.4 Å². The lowest BCUT2D eigenvalue weighted by molar-refractivity contribution is -0.117. The Morgan fingerprint density at radius 1 is 0.475 bits per heavy atom. The van der Waals surface area contributed by atoms with Crippen LogP contribution in [0.2, 0.25) is 0 Å². The Morgan fingerprint density at radius 2 is 0.869 bits per heavy atom. The first-order chi connectivity index (χ1) is 29.6. The van der Waals surface area contributed by atoms with Crippen molar-refractivity contribution in [1.29, 1.82) is 0 Å². The van der Waals surface area contributed by atoms with Crippen LogP contribution in [0.3, 0.4) is 0 Å². The van der Waals surface area contributed by atoms with E-state index in [-0.39, 0.29) is 34.8 Å². The van der Waals surface area contributed by atoms with Gasteiger partial charge in [-0.2, -0.15) is 0 Å². The lowest BCUT2D eigenvalue weighted by atomic mass is 10.2. The number of nitrogens with zero attached hydrogens (tertiary/aromatic N) is 4. The van der Waals surface area contributed by atoms with Gasteiger partial charge in [0, 0.05) is 143 Å². The van der Waals surface area contributed by atoms with Crippen molar-refractivity contribution in [3.05, 3.63) is 59.7 Å². The SMILES string of the molecule is CCCNCCN(CCN(CCN)CCN)CCN(CCNCCNC(=O)/C=C/c1ccc(O)c(O)c1)CCNCCN(CCC)CCNC(=O)/C=C/c1ccc(O)c(O)c1. The van der Waals surface area contributed by atoms with Crippen LogP contribution >= 0.6 is 0 Å². The number of carbonyl (C=O) groups excluding carboxylic acids is 2. The summed E-state index contributed by atoms with van der Waals surface area (Å²) in [6.07, 6.45) is 8.12. The minimum atomic E-state index is -0.240. The molecule has 17 heteroatoms. The molecule has 13 N–H and O–H groups in total. The fraction of sp³-hybridized carbons (Fsp3) is 0.591. The number of carbonyl (C=O) groups is 2. The van der Waals surface area contributed by atoms with Crippen LogP contribution < -0.4 is 38.1 Å². The molecule has 2 aromatic carbocycles. The van der Waals surface area contributed by atoms with E-state index in [2.05, 4.69) is 60.0 Å². The Hall–Kier alpha value is -4.30. The van der Waals surface area contributed by atoms with E-state index in [9.17, 15) is 30.0 Å². The molecule has 2 rings (SSSR count). The molecule has 0 unspecified atom stereocenters. The van der Waals surface area contributed by atoms with E-state index in [1.807, 2.05) is 0 Å². The molecule has 0 heterocycles. The Kier molecular flexibility index (Phi) is 28.9. The maximum Gasteiger partial charge on any atom is 0.244 e. The van der Waals surface area contributed by atoms with Gasteiger partial charge in [0.15, 0.2) is 23.0 Å². The Bertz CT molecular complexity index is 1540. The standard InChI is InChI=1S/C44H77N11O6/c1-3-15-47-18-29-55(33-31-53(24-13-45)25-14-46)34-32-54(27-19-48-16-17-50-43(60)11-7-37-5-9-39(56)41(58)35-37)28-21-49-20-26-52(23-4-2)30-22-51-44(61)12-8-38-6-10-40(57)42(59)36-38/h5-12,35-36,47-49,56-59H,3-4,13-34,45-46H2,1-2H3,(H,50,60)(H,51,61)/b11-7+,12-8+. The van der Waals surface area contributed by atoms with Crippen molar-refractivity contribution in [2.75, 3.05) is 144 Å².